The van der Waals surface area contributed by atoms with Crippen LogP contribution in [0.2, 0.25) is 0 Å². The lowest BCUT2D eigenvalue weighted by Crippen LogP contribution is -2.53. The van der Waals surface area contributed by atoms with Gasteiger partial charge in [0, 0.05) is 0 Å². The Labute approximate surface area is 144 Å². The summed E-state index contributed by atoms with van der Waals surface area (Å²) in [5.41, 5.74) is -9.58. The van der Waals surface area contributed by atoms with Crippen LogP contribution in [0.4, 0.5) is 48.3 Å². The highest BCUT2D eigenvalue weighted by Gasteiger charge is 2.72. The molecule has 0 saturated heterocycles. The van der Waals surface area contributed by atoms with Crippen molar-refractivity contribution in [3.05, 3.63) is 45.2 Å². The lowest BCUT2D eigenvalue weighted by Gasteiger charge is -2.33. The first-order valence-electron chi connectivity index (χ1n) is 5.77. The number of carboxylic acid groups (broad SMARTS) is 1. The van der Waals surface area contributed by atoms with Crippen LogP contribution in [0.5, 0.6) is 0 Å². The van der Waals surface area contributed by atoms with Crippen LogP contribution in [0.3, 0.4) is 0 Å². The number of hydrogen-bond donors (Lipinski definition) is 1. The van der Waals surface area contributed by atoms with Crippen LogP contribution in [0.1, 0.15) is 5.56 Å². The zero-order chi connectivity index (χ0) is 20.8. The van der Waals surface area contributed by atoms with Crippen LogP contribution in [0.15, 0.2) is 10.6 Å². The van der Waals surface area contributed by atoms with Gasteiger partial charge in [0.05, 0.1) is 0 Å². The summed E-state index contributed by atoms with van der Waals surface area (Å²) in [7, 11) is 0. The van der Waals surface area contributed by atoms with E-state index in [1.165, 1.54) is 0 Å². The average Bonchev–Trinajstić information content (AvgIpc) is 2.49. The van der Waals surface area contributed by atoms with Crippen molar-refractivity contribution in [2.45, 2.75) is 17.8 Å². The molecule has 0 aliphatic rings. The number of hydrogen-bond acceptors (Lipinski definition) is 1. The summed E-state index contributed by atoms with van der Waals surface area (Å²) in [6.45, 7) is 0. The van der Waals surface area contributed by atoms with Crippen molar-refractivity contribution in [2.24, 2.45) is 0 Å². The highest BCUT2D eigenvalue weighted by molar-refractivity contribution is 9.12. The van der Waals surface area contributed by atoms with Crippen molar-refractivity contribution in [3.63, 3.8) is 0 Å². The van der Waals surface area contributed by atoms with E-state index in [1.807, 2.05) is 0 Å². The van der Waals surface area contributed by atoms with Crippen molar-refractivity contribution in [2.75, 3.05) is 0 Å². The zero-order valence-corrected chi connectivity index (χ0v) is 13.1. The van der Waals surface area contributed by atoms with Gasteiger partial charge in [0.25, 0.3) is 5.67 Å². The van der Waals surface area contributed by atoms with Crippen LogP contribution in [0.25, 0.3) is 0 Å². The summed E-state index contributed by atoms with van der Waals surface area (Å²) < 4.78 is 145. The Balaban J connectivity index is 3.96. The highest BCUT2D eigenvalue weighted by Crippen LogP contribution is 2.54. The summed E-state index contributed by atoms with van der Waals surface area (Å²) in [6.07, 6.45) is -8.04. The molecule has 146 valence electrons. The first-order chi connectivity index (χ1) is 11.5. The van der Waals surface area contributed by atoms with Crippen molar-refractivity contribution in [3.8, 4) is 0 Å². The highest BCUT2D eigenvalue weighted by atomic mass is 79.9. The Morgan fingerprint density at radius 2 is 1.15 bits per heavy atom. The quantitative estimate of drug-likeness (QED) is 0.290. The smallest absolute Gasteiger partial charge is 0.432 e. The van der Waals surface area contributed by atoms with E-state index in [4.69, 9.17) is 5.11 Å². The van der Waals surface area contributed by atoms with Gasteiger partial charge >= 0.3 is 18.1 Å². The van der Waals surface area contributed by atoms with Gasteiger partial charge < -0.3 is 5.11 Å². The van der Waals surface area contributed by atoms with Gasteiger partial charge in [-0.25, -0.2) is 31.1 Å². The van der Waals surface area contributed by atoms with E-state index >= 15 is 0 Å². The van der Waals surface area contributed by atoms with E-state index in [-0.39, 0.29) is 0 Å². The van der Waals surface area contributed by atoms with E-state index in [9.17, 15) is 53.1 Å². The molecule has 0 fully saturated rings. The van der Waals surface area contributed by atoms with Crippen molar-refractivity contribution in [1.29, 1.82) is 0 Å². The van der Waals surface area contributed by atoms with Crippen LogP contribution in [-0.2, 0) is 10.7 Å². The molecule has 1 atom stereocenters. The lowest BCUT2D eigenvalue weighted by molar-refractivity contribution is -0.288. The summed E-state index contributed by atoms with van der Waals surface area (Å²) in [5.74, 6) is -24.8. The average molecular weight is 467 g/mol. The fourth-order valence-corrected chi connectivity index (χ4v) is 1.96. The topological polar surface area (TPSA) is 37.3 Å². The van der Waals surface area contributed by atoms with Crippen LogP contribution >= 0.6 is 15.9 Å². The Morgan fingerprint density at radius 3 is 1.46 bits per heavy atom. The molecule has 0 heterocycles. The molecule has 0 aliphatic heterocycles. The monoisotopic (exact) mass is 466 g/mol. The molecule has 0 aromatic heterocycles. The molecule has 0 radical (unpaired) electrons. The number of allylic oxidation sites excluding steroid dienone is 1. The lowest BCUT2D eigenvalue weighted by atomic mass is 9.89. The number of carboxylic acids is 1. The van der Waals surface area contributed by atoms with Gasteiger partial charge in [-0.15, -0.1) is 0 Å². The fraction of sp³-hybridized carbons (Fsp3) is 0.250. The predicted molar refractivity (Wildman–Crippen MR) is 64.7 cm³/mol. The Hall–Kier alpha value is -1.86. The van der Waals surface area contributed by atoms with Gasteiger partial charge in [-0.3, -0.25) is 0 Å². The maximum absolute atomic E-state index is 14.2. The standard InChI is InChI=1S/C12H2BrF11O2/c13-2(9(25)26)1-10(19,12(22,23)24)11(20,21)3-4(14)6(16)8(18)7(17)5(3)15/h1H,(H,25,26)/b2-1-. The van der Waals surface area contributed by atoms with Gasteiger partial charge in [0.1, 0.15) is 10.0 Å². The molecule has 0 bridgehead atoms. The molecule has 1 aromatic rings. The molecule has 0 spiro atoms. The van der Waals surface area contributed by atoms with E-state index < -0.39 is 68.9 Å². The molecular formula is C12H2BrF11O2. The Bertz CT molecular complexity index is 757. The third-order valence-corrected chi connectivity index (χ3v) is 3.49. The molecular weight excluding hydrogens is 465 g/mol. The van der Waals surface area contributed by atoms with Crippen molar-refractivity contribution in [1.82, 2.24) is 0 Å². The Morgan fingerprint density at radius 1 is 0.808 bits per heavy atom. The van der Waals surface area contributed by atoms with E-state index in [1.54, 1.807) is 15.9 Å². The fourth-order valence-electron chi connectivity index (χ4n) is 1.65. The minimum absolute atomic E-state index is 1.31. The molecule has 0 amide bonds. The molecule has 1 rings (SSSR count). The molecule has 1 unspecified atom stereocenters. The van der Waals surface area contributed by atoms with Gasteiger partial charge in [0.15, 0.2) is 23.3 Å². The molecule has 0 aliphatic carbocycles. The molecule has 14 heteroatoms. The van der Waals surface area contributed by atoms with Crippen LogP contribution < -0.4 is 0 Å². The second-order valence-corrected chi connectivity index (χ2v) is 5.38. The maximum atomic E-state index is 14.2. The third-order valence-electron chi connectivity index (χ3n) is 2.92. The van der Waals surface area contributed by atoms with Gasteiger partial charge in [0.2, 0.25) is 5.82 Å². The van der Waals surface area contributed by atoms with E-state index in [2.05, 4.69) is 0 Å². The number of alkyl halides is 6. The Kier molecular flexibility index (Phi) is 5.72. The second-order valence-electron chi connectivity index (χ2n) is 4.53. The van der Waals surface area contributed by atoms with E-state index in [0.29, 0.717) is 0 Å². The molecule has 26 heavy (non-hydrogen) atoms. The van der Waals surface area contributed by atoms with Gasteiger partial charge in [-0.2, -0.15) is 22.0 Å². The maximum Gasteiger partial charge on any atom is 0.432 e. The number of rotatable bonds is 4. The summed E-state index contributed by atoms with van der Waals surface area (Å²) in [5, 5.41) is 8.37. The second kappa shape index (κ2) is 6.70. The summed E-state index contributed by atoms with van der Waals surface area (Å²) in [4.78, 5) is 10.4. The molecule has 1 N–H and O–H groups in total. The summed E-state index contributed by atoms with van der Waals surface area (Å²) >= 11 is 1.81. The summed E-state index contributed by atoms with van der Waals surface area (Å²) in [6, 6.07) is 0. The minimum Gasteiger partial charge on any atom is -0.477 e. The number of carbonyl (C=O) groups is 1. The molecule has 1 aromatic carbocycles. The largest absolute Gasteiger partial charge is 0.477 e. The number of halogens is 12. The van der Waals surface area contributed by atoms with E-state index in [0.717, 1.165) is 0 Å². The third kappa shape index (κ3) is 3.25. The predicted octanol–water partition coefficient (Wildman–Crippen LogP) is 5.11. The van der Waals surface area contributed by atoms with Gasteiger partial charge in [-0.05, 0) is 22.0 Å². The zero-order valence-electron chi connectivity index (χ0n) is 11.5. The molecule has 2 nitrogen and oxygen atoms in total. The van der Waals surface area contributed by atoms with Crippen molar-refractivity contribution >= 4 is 21.9 Å². The first kappa shape index (κ1) is 22.2. The SMILES string of the molecule is O=C(O)/C(Br)=C/C(F)(C(F)(F)F)C(F)(F)c1c(F)c(F)c(F)c(F)c1F. The number of aliphatic carboxylic acids is 1. The van der Waals surface area contributed by atoms with Crippen LogP contribution in [0, 0.1) is 29.1 Å². The normalized spacial score (nSPS) is 15.8. The minimum atomic E-state index is -6.73. The van der Waals surface area contributed by atoms with Crippen molar-refractivity contribution < 1.29 is 58.2 Å². The molecule has 0 saturated carbocycles. The van der Waals surface area contributed by atoms with Gasteiger partial charge in [-0.1, -0.05) is 0 Å². The van der Waals surface area contributed by atoms with Crippen LogP contribution in [-0.4, -0.2) is 22.9 Å². The first-order valence-corrected chi connectivity index (χ1v) is 6.57. The number of benzene rings is 1.